The molecule has 2 rings (SSSR count). The zero-order chi connectivity index (χ0) is 12.0. The quantitative estimate of drug-likeness (QED) is 0.618. The molecule has 0 aliphatic heterocycles. The number of hydrogen-bond donors (Lipinski definition) is 0. The van der Waals surface area contributed by atoms with Gasteiger partial charge in [-0.15, -0.1) is 0 Å². The Kier molecular flexibility index (Phi) is 2.77. The van der Waals surface area contributed by atoms with Crippen LogP contribution in [-0.4, -0.2) is 6.18 Å². The molecule has 1 aliphatic rings. The van der Waals surface area contributed by atoms with Crippen molar-refractivity contribution in [1.29, 1.82) is 0 Å². The van der Waals surface area contributed by atoms with Gasteiger partial charge in [-0.05, 0) is 30.9 Å². The normalized spacial score (nSPS) is 25.3. The van der Waals surface area contributed by atoms with Crippen LogP contribution in [0.2, 0.25) is 0 Å². The molecular formula is C11H9BrF4. The molecule has 0 spiro atoms. The number of alkyl halides is 4. The van der Waals surface area contributed by atoms with Gasteiger partial charge in [0.25, 0.3) is 0 Å². The summed E-state index contributed by atoms with van der Waals surface area (Å²) in [4.78, 5) is 0. The van der Waals surface area contributed by atoms with Crippen molar-refractivity contribution in [2.75, 3.05) is 0 Å². The molecule has 0 heterocycles. The molecule has 0 saturated carbocycles. The van der Waals surface area contributed by atoms with Gasteiger partial charge in [0.2, 0.25) is 5.67 Å². The molecule has 88 valence electrons. The minimum Gasteiger partial charge on any atom is -0.229 e. The van der Waals surface area contributed by atoms with Crippen LogP contribution < -0.4 is 0 Å². The second kappa shape index (κ2) is 3.72. The van der Waals surface area contributed by atoms with Gasteiger partial charge < -0.3 is 0 Å². The highest BCUT2D eigenvalue weighted by molar-refractivity contribution is 9.10. The van der Waals surface area contributed by atoms with E-state index in [-0.39, 0.29) is 16.5 Å². The van der Waals surface area contributed by atoms with Gasteiger partial charge in [0.05, 0.1) is 0 Å². The maximum Gasteiger partial charge on any atom is 0.426 e. The maximum absolute atomic E-state index is 14.2. The van der Waals surface area contributed by atoms with E-state index in [0.29, 0.717) is 12.0 Å². The van der Waals surface area contributed by atoms with Crippen molar-refractivity contribution < 1.29 is 17.6 Å². The predicted octanol–water partition coefficient (Wildman–Crippen LogP) is 4.51. The average Bonchev–Trinajstić information content (AvgIpc) is 2.16. The zero-order valence-electron chi connectivity index (χ0n) is 8.24. The minimum absolute atomic E-state index is 0.199. The Morgan fingerprint density at radius 3 is 2.56 bits per heavy atom. The fraction of sp³-hybridized carbons (Fsp3) is 0.455. The summed E-state index contributed by atoms with van der Waals surface area (Å²) in [6.07, 6.45) is -4.63. The van der Waals surface area contributed by atoms with E-state index in [4.69, 9.17) is 0 Å². The van der Waals surface area contributed by atoms with Crippen LogP contribution >= 0.6 is 15.9 Å². The van der Waals surface area contributed by atoms with Crippen molar-refractivity contribution in [2.45, 2.75) is 31.1 Å². The molecule has 0 saturated heterocycles. The van der Waals surface area contributed by atoms with E-state index in [1.54, 1.807) is 12.1 Å². The summed E-state index contributed by atoms with van der Waals surface area (Å²) < 4.78 is 52.7. The van der Waals surface area contributed by atoms with Crippen LogP contribution in [0.15, 0.2) is 22.7 Å². The number of fused-ring (bicyclic) bond motifs is 1. The van der Waals surface area contributed by atoms with Crippen LogP contribution in [0.5, 0.6) is 0 Å². The van der Waals surface area contributed by atoms with Crippen LogP contribution in [0, 0.1) is 0 Å². The van der Waals surface area contributed by atoms with Crippen molar-refractivity contribution in [3.05, 3.63) is 33.8 Å². The largest absolute Gasteiger partial charge is 0.426 e. The first-order chi connectivity index (χ1) is 7.36. The van der Waals surface area contributed by atoms with Gasteiger partial charge in [-0.25, -0.2) is 4.39 Å². The SMILES string of the molecule is FC(F)(F)C1(F)CCCc2cccc(Br)c21. The molecule has 1 aliphatic carbocycles. The number of benzene rings is 1. The highest BCUT2D eigenvalue weighted by Gasteiger charge is 2.59. The van der Waals surface area contributed by atoms with Gasteiger partial charge in [0.1, 0.15) is 0 Å². The molecule has 0 radical (unpaired) electrons. The summed E-state index contributed by atoms with van der Waals surface area (Å²) in [7, 11) is 0. The van der Waals surface area contributed by atoms with Crippen LogP contribution in [0.4, 0.5) is 17.6 Å². The van der Waals surface area contributed by atoms with Crippen LogP contribution in [0.3, 0.4) is 0 Å². The van der Waals surface area contributed by atoms with Crippen LogP contribution in [0.25, 0.3) is 0 Å². The Bertz CT molecular complexity index is 413. The molecule has 0 N–H and O–H groups in total. The topological polar surface area (TPSA) is 0 Å². The molecule has 0 aromatic heterocycles. The molecule has 5 heteroatoms. The molecule has 0 amide bonds. The molecule has 0 fully saturated rings. The average molecular weight is 297 g/mol. The summed E-state index contributed by atoms with van der Waals surface area (Å²) in [6.45, 7) is 0. The Labute approximate surface area is 98.8 Å². The van der Waals surface area contributed by atoms with Crippen LogP contribution in [-0.2, 0) is 12.1 Å². The lowest BCUT2D eigenvalue weighted by molar-refractivity contribution is -0.240. The summed E-state index contributed by atoms with van der Waals surface area (Å²) >= 11 is 3.01. The molecule has 1 unspecified atom stereocenters. The lowest BCUT2D eigenvalue weighted by atomic mass is 9.80. The third-order valence-corrected chi connectivity index (χ3v) is 3.57. The summed E-state index contributed by atoms with van der Waals surface area (Å²) in [6, 6.07) is 4.63. The second-order valence-electron chi connectivity index (χ2n) is 3.93. The Morgan fingerprint density at radius 1 is 1.25 bits per heavy atom. The van der Waals surface area contributed by atoms with E-state index < -0.39 is 18.3 Å². The van der Waals surface area contributed by atoms with E-state index in [0.717, 1.165) is 0 Å². The molecule has 0 nitrogen and oxygen atoms in total. The predicted molar refractivity (Wildman–Crippen MR) is 55.9 cm³/mol. The monoisotopic (exact) mass is 296 g/mol. The zero-order valence-corrected chi connectivity index (χ0v) is 9.83. The van der Waals surface area contributed by atoms with Crippen molar-refractivity contribution in [2.24, 2.45) is 0 Å². The Balaban J connectivity index is 2.64. The molecule has 0 bridgehead atoms. The van der Waals surface area contributed by atoms with Crippen molar-refractivity contribution in [3.8, 4) is 0 Å². The van der Waals surface area contributed by atoms with Gasteiger partial charge >= 0.3 is 6.18 Å². The number of hydrogen-bond acceptors (Lipinski definition) is 0. The van der Waals surface area contributed by atoms with E-state index >= 15 is 0 Å². The molecule has 1 aromatic carbocycles. The van der Waals surface area contributed by atoms with Gasteiger partial charge in [-0.1, -0.05) is 28.1 Å². The van der Waals surface area contributed by atoms with E-state index in [2.05, 4.69) is 15.9 Å². The van der Waals surface area contributed by atoms with Crippen molar-refractivity contribution >= 4 is 15.9 Å². The maximum atomic E-state index is 14.2. The van der Waals surface area contributed by atoms with Crippen LogP contribution in [0.1, 0.15) is 24.0 Å². The fourth-order valence-corrected chi connectivity index (χ4v) is 2.87. The third-order valence-electron chi connectivity index (χ3n) is 2.91. The van der Waals surface area contributed by atoms with Gasteiger partial charge in [-0.3, -0.25) is 0 Å². The highest BCUT2D eigenvalue weighted by Crippen LogP contribution is 2.51. The summed E-state index contributed by atoms with van der Waals surface area (Å²) in [5.74, 6) is 0. The first kappa shape index (κ1) is 11.9. The lowest BCUT2D eigenvalue weighted by Crippen LogP contribution is -2.41. The molecular weight excluding hydrogens is 288 g/mol. The summed E-state index contributed by atoms with van der Waals surface area (Å²) in [5.41, 5.74) is -3.00. The van der Waals surface area contributed by atoms with Gasteiger partial charge in [0, 0.05) is 10.0 Å². The standard InChI is InChI=1S/C11H9BrF4/c12-8-5-1-3-7-4-2-6-10(13,9(7)8)11(14,15)16/h1,3,5H,2,4,6H2. The minimum atomic E-state index is -4.86. The van der Waals surface area contributed by atoms with Crippen molar-refractivity contribution in [3.63, 3.8) is 0 Å². The van der Waals surface area contributed by atoms with E-state index in [9.17, 15) is 17.6 Å². The number of rotatable bonds is 0. The van der Waals surface area contributed by atoms with Crippen molar-refractivity contribution in [1.82, 2.24) is 0 Å². The molecule has 1 atom stereocenters. The van der Waals surface area contributed by atoms with Gasteiger partial charge in [0.15, 0.2) is 0 Å². The smallest absolute Gasteiger partial charge is 0.229 e. The fourth-order valence-electron chi connectivity index (χ4n) is 2.15. The Hall–Kier alpha value is -0.580. The molecule has 16 heavy (non-hydrogen) atoms. The Morgan fingerprint density at radius 2 is 1.94 bits per heavy atom. The highest BCUT2D eigenvalue weighted by atomic mass is 79.9. The first-order valence-corrected chi connectivity index (χ1v) is 5.69. The van der Waals surface area contributed by atoms with E-state index in [1.165, 1.54) is 6.07 Å². The second-order valence-corrected chi connectivity index (χ2v) is 4.78. The number of halogens is 5. The third kappa shape index (κ3) is 1.65. The summed E-state index contributed by atoms with van der Waals surface area (Å²) in [5, 5.41) is 0. The lowest BCUT2D eigenvalue weighted by Gasteiger charge is -2.34. The molecule has 1 aromatic rings. The van der Waals surface area contributed by atoms with E-state index in [1.807, 2.05) is 0 Å². The number of aryl methyl sites for hydroxylation is 1. The first-order valence-electron chi connectivity index (χ1n) is 4.90. The van der Waals surface area contributed by atoms with Gasteiger partial charge in [-0.2, -0.15) is 13.2 Å².